The van der Waals surface area contributed by atoms with E-state index in [0.29, 0.717) is 6.42 Å². The van der Waals surface area contributed by atoms with Crippen molar-refractivity contribution in [3.63, 3.8) is 0 Å². The molecule has 0 amide bonds. The van der Waals surface area contributed by atoms with E-state index in [1.54, 1.807) is 12.1 Å². The van der Waals surface area contributed by atoms with E-state index in [4.69, 9.17) is 0 Å². The molecule has 0 saturated heterocycles. The molecule has 0 bridgehead atoms. The number of carbonyl (C=O) groups excluding carboxylic acids is 1. The molecule has 0 aliphatic carbocycles. The Morgan fingerprint density at radius 1 is 1.44 bits per heavy atom. The van der Waals surface area contributed by atoms with E-state index in [0.717, 1.165) is 5.56 Å². The van der Waals surface area contributed by atoms with Crippen LogP contribution in [0.1, 0.15) is 18.0 Å². The number of aliphatic hydroxyl groups is 1. The van der Waals surface area contributed by atoms with Crippen LogP contribution in [-0.4, -0.2) is 24.7 Å². The third-order valence-corrected chi connectivity index (χ3v) is 2.98. The van der Waals surface area contributed by atoms with Gasteiger partial charge in [0.05, 0.1) is 19.2 Å². The first-order valence-corrected chi connectivity index (χ1v) is 5.60. The molecule has 18 heavy (non-hydrogen) atoms. The molecule has 5 heteroatoms. The first kappa shape index (κ1) is 12.6. The van der Waals surface area contributed by atoms with Crippen LogP contribution in [0.5, 0.6) is 0 Å². The number of rotatable bonds is 2. The van der Waals surface area contributed by atoms with Crippen molar-refractivity contribution in [1.82, 2.24) is 5.32 Å². The van der Waals surface area contributed by atoms with E-state index in [1.807, 2.05) is 0 Å². The lowest BCUT2D eigenvalue weighted by molar-refractivity contribution is -0.136. The van der Waals surface area contributed by atoms with E-state index in [1.165, 1.54) is 19.2 Å². The van der Waals surface area contributed by atoms with Gasteiger partial charge in [-0.25, -0.2) is 9.18 Å². The molecule has 4 nitrogen and oxygen atoms in total. The molecule has 0 saturated carbocycles. The van der Waals surface area contributed by atoms with E-state index in [9.17, 15) is 14.3 Å². The van der Waals surface area contributed by atoms with Crippen molar-refractivity contribution in [3.8, 4) is 0 Å². The van der Waals surface area contributed by atoms with Crippen LogP contribution in [0.2, 0.25) is 0 Å². The fraction of sp³-hybridized carbons (Fsp3) is 0.308. The average molecular weight is 251 g/mol. The summed E-state index contributed by atoms with van der Waals surface area (Å²) in [7, 11) is 1.28. The Bertz CT molecular complexity index is 482. The number of ether oxygens (including phenoxy) is 1. The van der Waals surface area contributed by atoms with Crippen LogP contribution in [0.15, 0.2) is 35.6 Å². The molecule has 0 radical (unpaired) electrons. The smallest absolute Gasteiger partial charge is 0.337 e. The molecule has 1 unspecified atom stereocenters. The number of benzene rings is 1. The van der Waals surface area contributed by atoms with Crippen molar-refractivity contribution >= 4 is 5.97 Å². The maximum Gasteiger partial charge on any atom is 0.337 e. The molecule has 1 aliphatic heterocycles. The van der Waals surface area contributed by atoms with E-state index in [2.05, 4.69) is 10.1 Å². The topological polar surface area (TPSA) is 58.6 Å². The number of esters is 1. The van der Waals surface area contributed by atoms with Gasteiger partial charge in [0, 0.05) is 12.5 Å². The van der Waals surface area contributed by atoms with Gasteiger partial charge in [0.25, 0.3) is 0 Å². The highest BCUT2D eigenvalue weighted by molar-refractivity contribution is 5.89. The summed E-state index contributed by atoms with van der Waals surface area (Å²) in [4.78, 5) is 11.5. The molecule has 96 valence electrons. The van der Waals surface area contributed by atoms with E-state index >= 15 is 0 Å². The van der Waals surface area contributed by atoms with Crippen LogP contribution in [-0.2, 0) is 9.53 Å². The molecule has 2 N–H and O–H groups in total. The normalized spacial score (nSPS) is 19.8. The minimum Gasteiger partial charge on any atom is -0.510 e. The number of aliphatic hydroxyl groups excluding tert-OH is 1. The van der Waals surface area contributed by atoms with Crippen LogP contribution < -0.4 is 5.32 Å². The SMILES string of the molecule is COC(=O)C1=C(O)CNC(c2ccc(F)cc2)C1. The van der Waals surface area contributed by atoms with Gasteiger partial charge in [-0.05, 0) is 17.7 Å². The van der Waals surface area contributed by atoms with Crippen LogP contribution in [0.25, 0.3) is 0 Å². The van der Waals surface area contributed by atoms with Gasteiger partial charge in [-0.2, -0.15) is 0 Å². The van der Waals surface area contributed by atoms with Gasteiger partial charge < -0.3 is 15.2 Å². The average Bonchev–Trinajstić information content (AvgIpc) is 2.39. The van der Waals surface area contributed by atoms with Gasteiger partial charge in [-0.1, -0.05) is 12.1 Å². The van der Waals surface area contributed by atoms with Gasteiger partial charge in [0.2, 0.25) is 0 Å². The Balaban J connectivity index is 2.19. The number of nitrogens with one attached hydrogen (secondary N) is 1. The number of hydrogen-bond acceptors (Lipinski definition) is 4. The largest absolute Gasteiger partial charge is 0.510 e. The summed E-state index contributed by atoms with van der Waals surface area (Å²) in [6.07, 6.45) is 0.324. The Kier molecular flexibility index (Phi) is 3.62. The first-order chi connectivity index (χ1) is 8.61. The zero-order valence-electron chi connectivity index (χ0n) is 9.94. The lowest BCUT2D eigenvalue weighted by Gasteiger charge is -2.25. The minimum absolute atomic E-state index is 0.000196. The second kappa shape index (κ2) is 5.18. The summed E-state index contributed by atoms with van der Waals surface area (Å²) in [5.74, 6) is -0.831. The quantitative estimate of drug-likeness (QED) is 0.787. The minimum atomic E-state index is -0.527. The van der Waals surface area contributed by atoms with Crippen LogP contribution in [0, 0.1) is 5.82 Å². The molecule has 0 spiro atoms. The molecule has 0 fully saturated rings. The van der Waals surface area contributed by atoms with Gasteiger partial charge >= 0.3 is 5.97 Å². The lowest BCUT2D eigenvalue weighted by atomic mass is 9.95. The van der Waals surface area contributed by atoms with Crippen molar-refractivity contribution in [2.75, 3.05) is 13.7 Å². The molecule has 0 aromatic heterocycles. The number of carbonyl (C=O) groups is 1. The Morgan fingerprint density at radius 3 is 2.72 bits per heavy atom. The maximum absolute atomic E-state index is 12.8. The Morgan fingerprint density at radius 2 is 2.11 bits per heavy atom. The van der Waals surface area contributed by atoms with Crippen molar-refractivity contribution in [3.05, 3.63) is 47.0 Å². The molecule has 1 aromatic carbocycles. The molecular formula is C13H14FNO3. The lowest BCUT2D eigenvalue weighted by Crippen LogP contribution is -2.31. The number of halogens is 1. The van der Waals surface area contributed by atoms with Crippen molar-refractivity contribution < 1.29 is 19.0 Å². The van der Waals surface area contributed by atoms with Crippen molar-refractivity contribution in [2.45, 2.75) is 12.5 Å². The van der Waals surface area contributed by atoms with Crippen molar-refractivity contribution in [2.24, 2.45) is 0 Å². The number of methoxy groups -OCH3 is 1. The summed E-state index contributed by atoms with van der Waals surface area (Å²) >= 11 is 0. The Labute approximate surface area is 104 Å². The summed E-state index contributed by atoms with van der Waals surface area (Å²) in [5, 5.41) is 12.7. The van der Waals surface area contributed by atoms with Gasteiger partial charge in [0.1, 0.15) is 11.6 Å². The third-order valence-electron chi connectivity index (χ3n) is 2.98. The third kappa shape index (κ3) is 2.51. The fourth-order valence-corrected chi connectivity index (χ4v) is 1.98. The molecule has 1 atom stereocenters. The second-order valence-electron chi connectivity index (χ2n) is 4.11. The first-order valence-electron chi connectivity index (χ1n) is 5.60. The Hall–Kier alpha value is -1.88. The standard InChI is InChI=1S/C13H14FNO3/c1-18-13(17)10-6-11(15-7-12(10)16)8-2-4-9(14)5-3-8/h2-5,11,15-16H,6-7H2,1H3. The van der Waals surface area contributed by atoms with Crippen LogP contribution in [0.3, 0.4) is 0 Å². The molecule has 1 heterocycles. The summed E-state index contributed by atoms with van der Waals surface area (Å²) in [6, 6.07) is 5.92. The zero-order valence-corrected chi connectivity index (χ0v) is 9.94. The highest BCUT2D eigenvalue weighted by Gasteiger charge is 2.26. The molecule has 2 rings (SSSR count). The van der Waals surface area contributed by atoms with Gasteiger partial charge in [0.15, 0.2) is 0 Å². The van der Waals surface area contributed by atoms with Gasteiger partial charge in [-0.3, -0.25) is 0 Å². The maximum atomic E-state index is 12.8. The monoisotopic (exact) mass is 251 g/mol. The van der Waals surface area contributed by atoms with E-state index in [-0.39, 0.29) is 29.7 Å². The molecule has 1 aromatic rings. The number of hydrogen-bond donors (Lipinski definition) is 2. The fourth-order valence-electron chi connectivity index (χ4n) is 1.98. The zero-order chi connectivity index (χ0) is 13.1. The van der Waals surface area contributed by atoms with Gasteiger partial charge in [-0.15, -0.1) is 0 Å². The highest BCUT2D eigenvalue weighted by Crippen LogP contribution is 2.27. The second-order valence-corrected chi connectivity index (χ2v) is 4.11. The summed E-state index contributed by atoms with van der Waals surface area (Å²) < 4.78 is 17.5. The highest BCUT2D eigenvalue weighted by atomic mass is 19.1. The van der Waals surface area contributed by atoms with Crippen molar-refractivity contribution in [1.29, 1.82) is 0 Å². The van der Waals surface area contributed by atoms with E-state index < -0.39 is 5.97 Å². The predicted octanol–water partition coefficient (Wildman–Crippen LogP) is 1.85. The van der Waals surface area contributed by atoms with Crippen LogP contribution >= 0.6 is 0 Å². The molecule has 1 aliphatic rings. The summed E-state index contributed by atoms with van der Waals surface area (Å²) in [5.41, 5.74) is 1.14. The predicted molar refractivity (Wildman–Crippen MR) is 63.4 cm³/mol. The summed E-state index contributed by atoms with van der Waals surface area (Å²) in [6.45, 7) is 0.201. The van der Waals surface area contributed by atoms with Crippen LogP contribution in [0.4, 0.5) is 4.39 Å². The molecular weight excluding hydrogens is 237 g/mol.